The zero-order chi connectivity index (χ0) is 22.7. The molecule has 4 rings (SSSR count). The highest BCUT2D eigenvalue weighted by atomic mass is 32.1. The summed E-state index contributed by atoms with van der Waals surface area (Å²) in [7, 11) is 3.09. The van der Waals surface area contributed by atoms with Gasteiger partial charge in [0.15, 0.2) is 17.2 Å². The fourth-order valence-corrected chi connectivity index (χ4v) is 4.04. The first-order chi connectivity index (χ1) is 15.5. The average molecular weight is 452 g/mol. The lowest BCUT2D eigenvalue weighted by Gasteiger charge is -2.10. The normalized spacial score (nSPS) is 10.8. The Morgan fingerprint density at radius 3 is 2.66 bits per heavy atom. The number of ether oxygens (including phenoxy) is 3. The summed E-state index contributed by atoms with van der Waals surface area (Å²) >= 11 is 1.44. The lowest BCUT2D eigenvalue weighted by atomic mass is 10.1. The maximum absolute atomic E-state index is 12.7. The van der Waals surface area contributed by atoms with Gasteiger partial charge >= 0.3 is 5.97 Å². The van der Waals surface area contributed by atoms with Gasteiger partial charge in [-0.1, -0.05) is 18.2 Å². The number of benzene rings is 2. The van der Waals surface area contributed by atoms with Crippen LogP contribution in [0.3, 0.4) is 0 Å². The molecule has 8 nitrogen and oxygen atoms in total. The molecule has 0 atom stereocenters. The maximum atomic E-state index is 12.7. The number of hydrogen-bond donors (Lipinski definition) is 0. The molecule has 0 amide bonds. The minimum absolute atomic E-state index is 0.0116. The molecule has 0 fully saturated rings. The highest BCUT2D eigenvalue weighted by Crippen LogP contribution is 2.34. The van der Waals surface area contributed by atoms with E-state index in [2.05, 4.69) is 10.1 Å². The Bertz CT molecular complexity index is 1350. The lowest BCUT2D eigenvalue weighted by molar-refractivity contribution is 0.0461. The first-order valence-corrected chi connectivity index (χ1v) is 10.8. The van der Waals surface area contributed by atoms with Gasteiger partial charge in [0, 0.05) is 23.4 Å². The Kier molecular flexibility index (Phi) is 6.18. The molecule has 2 aromatic heterocycles. The standard InChI is InChI=1S/C23H21N3O5S/c1-4-30-18-10-9-14(11-19(18)29-3)21-24-15(13-32-21)12-31-23(28)20-16-7-5-6-8-17(16)22(27)26(2)25-20/h5-11,13H,4,12H2,1-3H3. The van der Waals surface area contributed by atoms with E-state index in [-0.39, 0.29) is 17.9 Å². The Morgan fingerprint density at radius 2 is 1.91 bits per heavy atom. The minimum Gasteiger partial charge on any atom is -0.493 e. The van der Waals surface area contributed by atoms with E-state index in [4.69, 9.17) is 14.2 Å². The second kappa shape index (κ2) is 9.19. The third-order valence-electron chi connectivity index (χ3n) is 4.76. The summed E-state index contributed by atoms with van der Waals surface area (Å²) in [6.45, 7) is 2.44. The van der Waals surface area contributed by atoms with Crippen molar-refractivity contribution in [3.8, 4) is 22.1 Å². The van der Waals surface area contributed by atoms with E-state index in [0.29, 0.717) is 34.6 Å². The van der Waals surface area contributed by atoms with Gasteiger partial charge in [-0.2, -0.15) is 5.10 Å². The molecule has 9 heteroatoms. The van der Waals surface area contributed by atoms with Crippen molar-refractivity contribution in [2.24, 2.45) is 7.05 Å². The van der Waals surface area contributed by atoms with Crippen LogP contribution < -0.4 is 15.0 Å². The number of nitrogens with zero attached hydrogens (tertiary/aromatic N) is 3. The second-order valence-electron chi connectivity index (χ2n) is 6.84. The molecule has 0 radical (unpaired) electrons. The van der Waals surface area contributed by atoms with E-state index >= 15 is 0 Å². The van der Waals surface area contributed by atoms with Crippen LogP contribution in [0.1, 0.15) is 23.1 Å². The van der Waals surface area contributed by atoms with Crippen LogP contribution in [0.15, 0.2) is 52.6 Å². The van der Waals surface area contributed by atoms with Crippen molar-refractivity contribution >= 4 is 28.1 Å². The second-order valence-corrected chi connectivity index (χ2v) is 7.70. The summed E-state index contributed by atoms with van der Waals surface area (Å²) in [5.41, 5.74) is 1.31. The number of fused-ring (bicyclic) bond motifs is 1. The van der Waals surface area contributed by atoms with Crippen molar-refractivity contribution in [1.29, 1.82) is 0 Å². The summed E-state index contributed by atoms with van der Waals surface area (Å²) in [5, 5.41) is 7.57. The van der Waals surface area contributed by atoms with Crippen LogP contribution in [0.2, 0.25) is 0 Å². The van der Waals surface area contributed by atoms with Crippen LogP contribution in [0, 0.1) is 0 Å². The average Bonchev–Trinajstić information content (AvgIpc) is 3.29. The van der Waals surface area contributed by atoms with Crippen LogP contribution in [-0.2, 0) is 18.4 Å². The number of carbonyl (C=O) groups is 1. The first kappa shape index (κ1) is 21.5. The molecular formula is C23H21N3O5S. The van der Waals surface area contributed by atoms with Gasteiger partial charge in [0.1, 0.15) is 11.6 Å². The number of aryl methyl sites for hydroxylation is 1. The van der Waals surface area contributed by atoms with Gasteiger partial charge in [0.05, 0.1) is 24.8 Å². The molecule has 2 aromatic carbocycles. The molecule has 4 aromatic rings. The number of thiazole rings is 1. The highest BCUT2D eigenvalue weighted by molar-refractivity contribution is 7.13. The third-order valence-corrected chi connectivity index (χ3v) is 5.70. The number of hydrogen-bond acceptors (Lipinski definition) is 8. The molecule has 0 saturated heterocycles. The van der Waals surface area contributed by atoms with Crippen LogP contribution in [0.5, 0.6) is 11.5 Å². The molecule has 0 aliphatic heterocycles. The Morgan fingerprint density at radius 1 is 1.12 bits per heavy atom. The quantitative estimate of drug-likeness (QED) is 0.394. The van der Waals surface area contributed by atoms with Crippen molar-refractivity contribution in [3.05, 3.63) is 69.6 Å². The van der Waals surface area contributed by atoms with E-state index in [1.807, 2.05) is 30.5 Å². The molecule has 0 aliphatic rings. The molecular weight excluding hydrogens is 430 g/mol. The largest absolute Gasteiger partial charge is 0.493 e. The molecule has 0 unspecified atom stereocenters. The van der Waals surface area contributed by atoms with E-state index in [9.17, 15) is 9.59 Å². The van der Waals surface area contributed by atoms with Crippen molar-refractivity contribution in [2.75, 3.05) is 13.7 Å². The fraction of sp³-hybridized carbons (Fsp3) is 0.217. The van der Waals surface area contributed by atoms with Crippen molar-refractivity contribution in [2.45, 2.75) is 13.5 Å². The van der Waals surface area contributed by atoms with Crippen LogP contribution >= 0.6 is 11.3 Å². The number of aromatic nitrogens is 3. The number of carbonyl (C=O) groups excluding carboxylic acids is 1. The van der Waals surface area contributed by atoms with Crippen LogP contribution in [-0.4, -0.2) is 34.5 Å². The maximum Gasteiger partial charge on any atom is 0.359 e. The number of esters is 1. The summed E-state index contributed by atoms with van der Waals surface area (Å²) in [4.78, 5) is 29.5. The smallest absolute Gasteiger partial charge is 0.359 e. The van der Waals surface area contributed by atoms with Gasteiger partial charge in [0.25, 0.3) is 5.56 Å². The molecule has 0 N–H and O–H groups in total. The molecule has 32 heavy (non-hydrogen) atoms. The van der Waals surface area contributed by atoms with E-state index in [1.54, 1.807) is 31.4 Å². The molecule has 2 heterocycles. The Labute approximate surface area is 188 Å². The van der Waals surface area contributed by atoms with Gasteiger partial charge in [0.2, 0.25) is 0 Å². The third kappa shape index (κ3) is 4.19. The lowest BCUT2D eigenvalue weighted by Crippen LogP contribution is -2.23. The predicted octanol–water partition coefficient (Wildman–Crippen LogP) is 3.82. The van der Waals surface area contributed by atoms with Crippen molar-refractivity contribution < 1.29 is 19.0 Å². The fourth-order valence-electron chi connectivity index (χ4n) is 3.24. The van der Waals surface area contributed by atoms with Gasteiger partial charge < -0.3 is 14.2 Å². The zero-order valence-corrected chi connectivity index (χ0v) is 18.6. The molecule has 164 valence electrons. The minimum atomic E-state index is -0.617. The Balaban J connectivity index is 1.52. The first-order valence-electron chi connectivity index (χ1n) is 9.90. The predicted molar refractivity (Wildman–Crippen MR) is 121 cm³/mol. The topological polar surface area (TPSA) is 92.5 Å². The Hall–Kier alpha value is -3.72. The number of rotatable bonds is 7. The highest BCUT2D eigenvalue weighted by Gasteiger charge is 2.18. The monoisotopic (exact) mass is 451 g/mol. The summed E-state index contributed by atoms with van der Waals surface area (Å²) < 4.78 is 17.5. The molecule has 0 saturated carbocycles. The van der Waals surface area contributed by atoms with Crippen LogP contribution in [0.25, 0.3) is 21.3 Å². The van der Waals surface area contributed by atoms with E-state index in [1.165, 1.54) is 18.4 Å². The van der Waals surface area contributed by atoms with E-state index < -0.39 is 5.97 Å². The summed E-state index contributed by atoms with van der Waals surface area (Å²) in [6, 6.07) is 12.4. The van der Waals surface area contributed by atoms with Gasteiger partial charge in [-0.25, -0.2) is 14.5 Å². The van der Waals surface area contributed by atoms with Crippen LogP contribution in [0.4, 0.5) is 0 Å². The van der Waals surface area contributed by atoms with Gasteiger partial charge in [-0.05, 0) is 31.2 Å². The summed E-state index contributed by atoms with van der Waals surface area (Å²) in [5.74, 6) is 0.677. The van der Waals surface area contributed by atoms with Crippen molar-refractivity contribution in [1.82, 2.24) is 14.8 Å². The van der Waals surface area contributed by atoms with Gasteiger partial charge in [-0.3, -0.25) is 4.79 Å². The number of methoxy groups -OCH3 is 1. The van der Waals surface area contributed by atoms with Gasteiger partial charge in [-0.15, -0.1) is 11.3 Å². The molecule has 0 aliphatic carbocycles. The molecule has 0 spiro atoms. The zero-order valence-electron chi connectivity index (χ0n) is 17.8. The SMILES string of the molecule is CCOc1ccc(-c2nc(COC(=O)c3nn(C)c(=O)c4ccccc34)cs2)cc1OC. The summed E-state index contributed by atoms with van der Waals surface area (Å²) in [6.07, 6.45) is 0. The van der Waals surface area contributed by atoms with Crippen molar-refractivity contribution in [3.63, 3.8) is 0 Å². The molecule has 0 bridgehead atoms. The van der Waals surface area contributed by atoms with E-state index in [0.717, 1.165) is 15.3 Å².